The summed E-state index contributed by atoms with van der Waals surface area (Å²) in [6, 6.07) is -0.0368. The van der Waals surface area contributed by atoms with Gasteiger partial charge in [-0.3, -0.25) is 4.79 Å². The van der Waals surface area contributed by atoms with Gasteiger partial charge < -0.3 is 10.2 Å². The van der Waals surface area contributed by atoms with Gasteiger partial charge in [-0.25, -0.2) is 0 Å². The highest BCUT2D eigenvalue weighted by Crippen LogP contribution is 2.15. The molecule has 0 aromatic rings. The van der Waals surface area contributed by atoms with Crippen molar-refractivity contribution in [3.05, 3.63) is 0 Å². The fourth-order valence-electron chi connectivity index (χ4n) is 1.79. The number of likely N-dealkylation sites (tertiary alicyclic amines) is 1. The largest absolute Gasteiger partial charge is 0.341 e. The van der Waals surface area contributed by atoms with Crippen molar-refractivity contribution in [2.75, 3.05) is 20.1 Å². The topological polar surface area (TPSA) is 32.3 Å². The van der Waals surface area contributed by atoms with E-state index in [1.165, 1.54) is 6.42 Å². The number of nitrogens with one attached hydrogen (secondary N) is 1. The number of amides is 1. The third-order valence-electron chi connectivity index (χ3n) is 2.77. The Bertz CT molecular complexity index is 182. The molecular weight excluding hydrogens is 164 g/mol. The maximum absolute atomic E-state index is 11.7. The molecule has 0 saturated carbocycles. The first-order valence-corrected chi connectivity index (χ1v) is 5.11. The summed E-state index contributed by atoms with van der Waals surface area (Å²) < 4.78 is 0. The first kappa shape index (κ1) is 10.5. The molecule has 0 aromatic carbocycles. The quantitative estimate of drug-likeness (QED) is 0.690. The fourth-order valence-corrected chi connectivity index (χ4v) is 1.79. The molecule has 76 valence electrons. The van der Waals surface area contributed by atoms with Gasteiger partial charge in [-0.2, -0.15) is 0 Å². The van der Waals surface area contributed by atoms with Crippen molar-refractivity contribution in [1.82, 2.24) is 10.2 Å². The molecule has 1 aliphatic heterocycles. The van der Waals surface area contributed by atoms with E-state index in [9.17, 15) is 4.79 Å². The lowest BCUT2D eigenvalue weighted by atomic mass is 10.00. The second-order valence-electron chi connectivity index (χ2n) is 4.04. The highest BCUT2D eigenvalue weighted by molar-refractivity contribution is 5.81. The molecule has 0 aromatic heterocycles. The van der Waals surface area contributed by atoms with Crippen LogP contribution in [-0.4, -0.2) is 37.0 Å². The summed E-state index contributed by atoms with van der Waals surface area (Å²) in [5, 5.41) is 2.99. The first-order valence-electron chi connectivity index (χ1n) is 5.11. The summed E-state index contributed by atoms with van der Waals surface area (Å²) in [7, 11) is 1.83. The smallest absolute Gasteiger partial charge is 0.239 e. The fraction of sp³-hybridized carbons (Fsp3) is 0.900. The number of carbonyl (C=O) groups excluding carboxylic acids is 1. The predicted octanol–water partition coefficient (Wildman–Crippen LogP) is 0.853. The zero-order valence-corrected chi connectivity index (χ0v) is 8.84. The highest BCUT2D eigenvalue weighted by atomic mass is 16.2. The van der Waals surface area contributed by atoms with Crippen LogP contribution in [0.3, 0.4) is 0 Å². The van der Waals surface area contributed by atoms with Crippen LogP contribution in [0.4, 0.5) is 0 Å². The van der Waals surface area contributed by atoms with Crippen LogP contribution in [-0.2, 0) is 4.79 Å². The summed E-state index contributed by atoms with van der Waals surface area (Å²) in [5.41, 5.74) is 0. The van der Waals surface area contributed by atoms with E-state index in [0.29, 0.717) is 5.92 Å². The Morgan fingerprint density at radius 2 is 2.31 bits per heavy atom. The van der Waals surface area contributed by atoms with Gasteiger partial charge in [0, 0.05) is 13.1 Å². The number of rotatable bonds is 2. The SMILES string of the molecule is CNC(C)C(=O)N1CCCC(C)C1. The van der Waals surface area contributed by atoms with Gasteiger partial charge in [-0.15, -0.1) is 0 Å². The van der Waals surface area contributed by atoms with E-state index in [0.717, 1.165) is 19.5 Å². The minimum atomic E-state index is -0.0368. The van der Waals surface area contributed by atoms with E-state index in [1.54, 1.807) is 0 Å². The second kappa shape index (κ2) is 4.61. The first-order chi connectivity index (χ1) is 6.15. The maximum Gasteiger partial charge on any atom is 0.239 e. The number of hydrogen-bond donors (Lipinski definition) is 1. The molecule has 0 spiro atoms. The van der Waals surface area contributed by atoms with E-state index in [2.05, 4.69) is 12.2 Å². The van der Waals surface area contributed by atoms with Crippen molar-refractivity contribution in [2.45, 2.75) is 32.7 Å². The van der Waals surface area contributed by atoms with Gasteiger partial charge in [0.15, 0.2) is 0 Å². The van der Waals surface area contributed by atoms with Crippen LogP contribution < -0.4 is 5.32 Å². The third kappa shape index (κ3) is 2.69. The van der Waals surface area contributed by atoms with Gasteiger partial charge in [0.2, 0.25) is 5.91 Å². The molecule has 1 saturated heterocycles. The number of likely N-dealkylation sites (N-methyl/N-ethyl adjacent to an activating group) is 1. The van der Waals surface area contributed by atoms with Crippen molar-refractivity contribution in [3.63, 3.8) is 0 Å². The normalized spacial score (nSPS) is 25.8. The van der Waals surface area contributed by atoms with Crippen LogP contribution in [0.25, 0.3) is 0 Å². The molecule has 1 rings (SSSR count). The Hall–Kier alpha value is -0.570. The molecule has 1 aliphatic rings. The standard InChI is InChI=1S/C10H20N2O/c1-8-5-4-6-12(7-8)10(13)9(2)11-3/h8-9,11H,4-7H2,1-3H3. The number of hydrogen-bond acceptors (Lipinski definition) is 2. The van der Waals surface area contributed by atoms with Crippen LogP contribution in [0.5, 0.6) is 0 Å². The summed E-state index contributed by atoms with van der Waals surface area (Å²) in [6.07, 6.45) is 2.42. The van der Waals surface area contributed by atoms with Crippen LogP contribution in [0.15, 0.2) is 0 Å². The second-order valence-corrected chi connectivity index (χ2v) is 4.04. The predicted molar refractivity (Wildman–Crippen MR) is 53.5 cm³/mol. The summed E-state index contributed by atoms with van der Waals surface area (Å²) >= 11 is 0. The third-order valence-corrected chi connectivity index (χ3v) is 2.77. The van der Waals surface area contributed by atoms with E-state index in [-0.39, 0.29) is 11.9 Å². The molecule has 2 atom stereocenters. The number of nitrogens with zero attached hydrogens (tertiary/aromatic N) is 1. The lowest BCUT2D eigenvalue weighted by Crippen LogP contribution is -2.47. The van der Waals surface area contributed by atoms with Gasteiger partial charge in [0.25, 0.3) is 0 Å². The Labute approximate surface area is 80.5 Å². The lowest BCUT2D eigenvalue weighted by Gasteiger charge is -2.32. The molecule has 1 fully saturated rings. The zero-order valence-electron chi connectivity index (χ0n) is 8.84. The molecule has 0 radical (unpaired) electrons. The average molecular weight is 184 g/mol. The average Bonchev–Trinajstić information content (AvgIpc) is 2.15. The van der Waals surface area contributed by atoms with Gasteiger partial charge in [0.05, 0.1) is 6.04 Å². The molecule has 1 N–H and O–H groups in total. The van der Waals surface area contributed by atoms with E-state index in [4.69, 9.17) is 0 Å². The van der Waals surface area contributed by atoms with Crippen LogP contribution in [0, 0.1) is 5.92 Å². The molecule has 1 heterocycles. The van der Waals surface area contributed by atoms with Crippen LogP contribution in [0.2, 0.25) is 0 Å². The van der Waals surface area contributed by atoms with Gasteiger partial charge in [-0.1, -0.05) is 6.92 Å². The van der Waals surface area contributed by atoms with Crippen LogP contribution >= 0.6 is 0 Å². The molecule has 2 unspecified atom stereocenters. The molecule has 3 heteroatoms. The Kier molecular flexibility index (Phi) is 3.72. The van der Waals surface area contributed by atoms with Crippen molar-refractivity contribution in [1.29, 1.82) is 0 Å². The maximum atomic E-state index is 11.7. The Morgan fingerprint density at radius 1 is 1.62 bits per heavy atom. The molecule has 1 amide bonds. The summed E-state index contributed by atoms with van der Waals surface area (Å²) in [4.78, 5) is 13.7. The van der Waals surface area contributed by atoms with Gasteiger partial charge in [0.1, 0.15) is 0 Å². The summed E-state index contributed by atoms with van der Waals surface area (Å²) in [5.74, 6) is 0.913. The van der Waals surface area contributed by atoms with E-state index in [1.807, 2.05) is 18.9 Å². The molecule has 13 heavy (non-hydrogen) atoms. The van der Waals surface area contributed by atoms with Crippen molar-refractivity contribution >= 4 is 5.91 Å². The minimum absolute atomic E-state index is 0.0368. The molecule has 3 nitrogen and oxygen atoms in total. The molecular formula is C10H20N2O. The zero-order chi connectivity index (χ0) is 9.84. The highest BCUT2D eigenvalue weighted by Gasteiger charge is 2.23. The van der Waals surface area contributed by atoms with Gasteiger partial charge >= 0.3 is 0 Å². The lowest BCUT2D eigenvalue weighted by molar-refractivity contribution is -0.134. The Balaban J connectivity index is 2.46. The van der Waals surface area contributed by atoms with Crippen molar-refractivity contribution < 1.29 is 4.79 Å². The molecule has 0 bridgehead atoms. The monoisotopic (exact) mass is 184 g/mol. The van der Waals surface area contributed by atoms with Crippen molar-refractivity contribution in [3.8, 4) is 0 Å². The van der Waals surface area contributed by atoms with E-state index >= 15 is 0 Å². The van der Waals surface area contributed by atoms with Gasteiger partial charge in [-0.05, 0) is 32.7 Å². The molecule has 0 aliphatic carbocycles. The van der Waals surface area contributed by atoms with Crippen LogP contribution in [0.1, 0.15) is 26.7 Å². The van der Waals surface area contributed by atoms with Crippen molar-refractivity contribution in [2.24, 2.45) is 5.92 Å². The number of piperidine rings is 1. The summed E-state index contributed by atoms with van der Waals surface area (Å²) in [6.45, 7) is 6.01. The minimum Gasteiger partial charge on any atom is -0.341 e. The Morgan fingerprint density at radius 3 is 2.85 bits per heavy atom. The number of carbonyl (C=O) groups is 1. The van der Waals surface area contributed by atoms with E-state index < -0.39 is 0 Å².